The Morgan fingerprint density at radius 1 is 0.920 bits per heavy atom. The molecule has 0 bridgehead atoms. The lowest BCUT2D eigenvalue weighted by atomic mass is 9.91. The van der Waals surface area contributed by atoms with Crippen LogP contribution in [0.3, 0.4) is 0 Å². The van der Waals surface area contributed by atoms with Crippen molar-refractivity contribution in [3.63, 3.8) is 0 Å². The molecular weight excluding hydrogens is 728 g/mol. The molecule has 1 aromatic heterocycles. The fourth-order valence-electron chi connectivity index (χ4n) is 4.86. The third-order valence-electron chi connectivity index (χ3n) is 7.02. The second kappa shape index (κ2) is 15.6. The van der Waals surface area contributed by atoms with Crippen molar-refractivity contribution in [3.8, 4) is 17.2 Å². The molecule has 1 atom stereocenters. The maximum absolute atomic E-state index is 13.7. The summed E-state index contributed by atoms with van der Waals surface area (Å²) in [6, 6.07) is 10.6. The number of esters is 2. The van der Waals surface area contributed by atoms with Crippen molar-refractivity contribution in [2.75, 3.05) is 44.3 Å². The zero-order valence-corrected chi connectivity index (χ0v) is 29.2. The van der Waals surface area contributed by atoms with E-state index >= 15 is 0 Å². The van der Waals surface area contributed by atoms with Gasteiger partial charge in [0.2, 0.25) is 0 Å². The predicted octanol–water partition coefficient (Wildman–Crippen LogP) is 4.41. The Bertz CT molecular complexity index is 2010. The number of benzene rings is 2. The summed E-state index contributed by atoms with van der Waals surface area (Å²) in [4.78, 5) is 29.5. The van der Waals surface area contributed by atoms with E-state index in [9.17, 15) is 44.7 Å². The first-order chi connectivity index (χ1) is 23.3. The number of hydrogen-bond donors (Lipinski definition) is 1. The summed E-state index contributed by atoms with van der Waals surface area (Å²) in [5.41, 5.74) is -0.00793. The van der Waals surface area contributed by atoms with Gasteiger partial charge in [0.15, 0.2) is 31.2 Å². The van der Waals surface area contributed by atoms with Crippen LogP contribution in [0.2, 0.25) is 0 Å². The molecule has 1 aliphatic heterocycles. The molecule has 2 aromatic carbocycles. The van der Waals surface area contributed by atoms with Crippen molar-refractivity contribution >= 4 is 49.0 Å². The molecular formula is C32H32F3NO11S3. The van der Waals surface area contributed by atoms with Gasteiger partial charge < -0.3 is 29.0 Å². The average molecular weight is 760 g/mol. The van der Waals surface area contributed by atoms with E-state index in [1.54, 1.807) is 17.5 Å². The monoisotopic (exact) mass is 759 g/mol. The summed E-state index contributed by atoms with van der Waals surface area (Å²) in [6.45, 7) is -1.37. The summed E-state index contributed by atoms with van der Waals surface area (Å²) in [5.74, 6) is -4.22. The Balaban J connectivity index is 1.97. The third kappa shape index (κ3) is 10.7. The highest BCUT2D eigenvalue weighted by molar-refractivity contribution is 7.90. The fraction of sp³-hybridized carbons (Fsp3) is 0.312. The number of phenols is 1. The van der Waals surface area contributed by atoms with Crippen LogP contribution in [0.15, 0.2) is 71.3 Å². The van der Waals surface area contributed by atoms with Gasteiger partial charge in [-0.15, -0.1) is 24.5 Å². The largest absolute Gasteiger partial charge is 0.573 e. The van der Waals surface area contributed by atoms with Gasteiger partial charge in [0, 0.05) is 30.1 Å². The number of sulfone groups is 2. The Morgan fingerprint density at radius 3 is 2.12 bits per heavy atom. The second-order valence-electron chi connectivity index (χ2n) is 11.1. The third-order valence-corrected chi connectivity index (χ3v) is 9.76. The van der Waals surface area contributed by atoms with E-state index in [2.05, 4.69) is 4.74 Å². The highest BCUT2D eigenvalue weighted by atomic mass is 32.2. The molecule has 0 saturated carbocycles. The minimum absolute atomic E-state index is 0.0430. The van der Waals surface area contributed by atoms with Crippen LogP contribution in [0.1, 0.15) is 27.6 Å². The summed E-state index contributed by atoms with van der Waals surface area (Å²) >= 11 is 1.30. The minimum atomic E-state index is -4.98. The number of carbonyl (C=O) groups is 2. The number of hydrogen-bond acceptors (Lipinski definition) is 13. The number of nitrogens with zero attached hydrogens (tertiary/aromatic N) is 1. The molecule has 270 valence electrons. The lowest BCUT2D eigenvalue weighted by Crippen LogP contribution is -2.29. The van der Waals surface area contributed by atoms with Gasteiger partial charge in [-0.3, -0.25) is 0 Å². The van der Waals surface area contributed by atoms with Crippen LogP contribution < -0.4 is 9.47 Å². The van der Waals surface area contributed by atoms with Crippen molar-refractivity contribution in [2.45, 2.75) is 18.9 Å². The van der Waals surface area contributed by atoms with Gasteiger partial charge in [-0.05, 0) is 58.5 Å². The van der Waals surface area contributed by atoms with Crippen LogP contribution in [-0.4, -0.2) is 89.5 Å². The quantitative estimate of drug-likeness (QED) is 0.245. The number of aromatic hydroxyl groups is 1. The molecule has 2 heterocycles. The van der Waals surface area contributed by atoms with Gasteiger partial charge in [0.1, 0.15) is 19.0 Å². The van der Waals surface area contributed by atoms with Gasteiger partial charge in [-0.2, -0.15) is 0 Å². The van der Waals surface area contributed by atoms with Gasteiger partial charge in [0.25, 0.3) is 0 Å². The van der Waals surface area contributed by atoms with E-state index in [1.165, 1.54) is 59.9 Å². The summed E-state index contributed by atoms with van der Waals surface area (Å²) in [5, 5.41) is 12.5. The molecule has 50 heavy (non-hydrogen) atoms. The Hall–Kier alpha value is -4.55. The van der Waals surface area contributed by atoms with E-state index in [1.807, 2.05) is 0 Å². The first-order valence-corrected chi connectivity index (χ1v) is 19.5. The van der Waals surface area contributed by atoms with Crippen LogP contribution in [0.25, 0.3) is 6.08 Å². The second-order valence-corrected chi connectivity index (χ2v) is 16.6. The van der Waals surface area contributed by atoms with Crippen LogP contribution in [0.5, 0.6) is 17.2 Å². The number of alkyl halides is 3. The molecule has 1 aliphatic rings. The van der Waals surface area contributed by atoms with Crippen molar-refractivity contribution in [1.82, 2.24) is 4.90 Å². The Labute approximate surface area is 290 Å². The molecule has 0 aliphatic carbocycles. The SMILES string of the molecule is COc1cc2c(cc1O)C=C(C(=O)OCCS(C)(=O)=O)C(C(=O)OCCS(C)(=O)=O)=CN(Cc1cccc(OC(F)(F)F)c1)C2c1cccs1. The first-order valence-electron chi connectivity index (χ1n) is 14.5. The first kappa shape index (κ1) is 38.3. The highest BCUT2D eigenvalue weighted by Crippen LogP contribution is 2.43. The van der Waals surface area contributed by atoms with Crippen molar-refractivity contribution < 1.29 is 63.6 Å². The van der Waals surface area contributed by atoms with Crippen molar-refractivity contribution in [3.05, 3.63) is 92.8 Å². The minimum Gasteiger partial charge on any atom is -0.504 e. The maximum Gasteiger partial charge on any atom is 0.573 e. The molecule has 0 spiro atoms. The van der Waals surface area contributed by atoms with E-state index in [0.717, 1.165) is 24.6 Å². The maximum atomic E-state index is 13.7. The standard InChI is InChI=1S/C32H32F3NO11S3/c1-44-27-17-23-21(16-26(27)37)15-24(30(38)45-9-12-49(2,40)41)25(31(39)46-10-13-50(3,42)43)19-36(29(23)28-8-5-11-48-28)18-20-6-4-7-22(14-20)47-32(33,34)35/h4-8,11,14-17,19,29,37H,9-10,12-13,18H2,1-3H3. The lowest BCUT2D eigenvalue weighted by molar-refractivity contribution is -0.274. The number of fused-ring (bicyclic) bond motifs is 1. The van der Waals surface area contributed by atoms with Gasteiger partial charge in [-0.1, -0.05) is 18.2 Å². The normalized spacial score (nSPS) is 15.2. The van der Waals surface area contributed by atoms with Crippen LogP contribution >= 0.6 is 11.3 Å². The molecule has 0 radical (unpaired) electrons. The zero-order valence-electron chi connectivity index (χ0n) is 26.8. The number of methoxy groups -OCH3 is 1. The topological polar surface area (TPSA) is 163 Å². The summed E-state index contributed by atoms with van der Waals surface area (Å²) < 4.78 is 106. The predicted molar refractivity (Wildman–Crippen MR) is 177 cm³/mol. The summed E-state index contributed by atoms with van der Waals surface area (Å²) in [7, 11) is -5.83. The van der Waals surface area contributed by atoms with Gasteiger partial charge in [0.05, 0.1) is 35.8 Å². The molecule has 0 fully saturated rings. The van der Waals surface area contributed by atoms with Gasteiger partial charge >= 0.3 is 18.3 Å². The zero-order chi connectivity index (χ0) is 36.9. The molecule has 0 saturated heterocycles. The molecule has 4 rings (SSSR count). The molecule has 12 nitrogen and oxygen atoms in total. The number of halogens is 3. The van der Waals surface area contributed by atoms with E-state index in [-0.39, 0.29) is 29.2 Å². The molecule has 1 N–H and O–H groups in total. The number of carbonyl (C=O) groups excluding carboxylic acids is 2. The molecule has 0 amide bonds. The number of ether oxygens (including phenoxy) is 4. The van der Waals surface area contributed by atoms with E-state index < -0.39 is 85.6 Å². The molecule has 18 heteroatoms. The number of thiophene rings is 1. The summed E-state index contributed by atoms with van der Waals surface area (Å²) in [6.07, 6.45) is -0.643. The molecule has 1 unspecified atom stereocenters. The van der Waals surface area contributed by atoms with Crippen molar-refractivity contribution in [1.29, 1.82) is 0 Å². The lowest BCUT2D eigenvalue weighted by Gasteiger charge is -2.34. The highest BCUT2D eigenvalue weighted by Gasteiger charge is 2.34. The molecule has 3 aromatic rings. The Kier molecular flexibility index (Phi) is 11.9. The average Bonchev–Trinajstić information content (AvgIpc) is 3.51. The smallest absolute Gasteiger partial charge is 0.504 e. The van der Waals surface area contributed by atoms with Crippen LogP contribution in [0.4, 0.5) is 13.2 Å². The Morgan fingerprint density at radius 2 is 1.56 bits per heavy atom. The van der Waals surface area contributed by atoms with Crippen molar-refractivity contribution in [2.24, 2.45) is 0 Å². The number of phenolic OH excluding ortho intramolecular Hbond substituents is 1. The van der Waals surface area contributed by atoms with Gasteiger partial charge in [-0.25, -0.2) is 26.4 Å². The van der Waals surface area contributed by atoms with Crippen LogP contribution in [-0.2, 0) is 45.3 Å². The van der Waals surface area contributed by atoms with E-state index in [4.69, 9.17) is 14.2 Å². The number of rotatable bonds is 13. The fourth-order valence-corrected chi connectivity index (χ4v) is 6.49. The van der Waals surface area contributed by atoms with E-state index in [0.29, 0.717) is 10.4 Å². The van der Waals surface area contributed by atoms with Crippen LogP contribution in [0, 0.1) is 0 Å².